The molecule has 2 unspecified atom stereocenters. The fraction of sp³-hybridized carbons (Fsp3) is 0.909. The van der Waals surface area contributed by atoms with E-state index in [2.05, 4.69) is 17.2 Å². The molecule has 0 aromatic rings. The van der Waals surface area contributed by atoms with Crippen molar-refractivity contribution in [3.05, 3.63) is 0 Å². The number of fused-ring (bicyclic) bond motifs is 2. The average Bonchev–Trinajstić information content (AvgIpc) is 3.46. The zero-order chi connectivity index (χ0) is 19.8. The Hall–Kier alpha value is -0.790. The highest BCUT2D eigenvalue weighted by atomic mass is 32.2. The van der Waals surface area contributed by atoms with Crippen LogP contribution in [0.4, 0.5) is 0 Å². The fourth-order valence-electron chi connectivity index (χ4n) is 6.11. The molecule has 2 saturated carbocycles. The first-order valence-corrected chi connectivity index (χ1v) is 12.4. The summed E-state index contributed by atoms with van der Waals surface area (Å²) in [6.45, 7) is 5.13. The number of carbonyl (C=O) groups excluding carboxylic acids is 1. The van der Waals surface area contributed by atoms with E-state index in [-0.39, 0.29) is 16.9 Å². The Morgan fingerprint density at radius 3 is 2.79 bits per heavy atom. The molecule has 29 heavy (non-hydrogen) atoms. The number of likely N-dealkylation sites (tertiary alicyclic amines) is 1. The Morgan fingerprint density at radius 1 is 1.24 bits per heavy atom. The van der Waals surface area contributed by atoms with E-state index in [0.717, 1.165) is 68.8 Å². The summed E-state index contributed by atoms with van der Waals surface area (Å²) in [5, 5.41) is 4.85. The van der Waals surface area contributed by atoms with Gasteiger partial charge in [0, 0.05) is 25.7 Å². The summed E-state index contributed by atoms with van der Waals surface area (Å²) < 4.78 is 11.7. The van der Waals surface area contributed by atoms with Gasteiger partial charge in [0.15, 0.2) is 5.17 Å². The maximum atomic E-state index is 12.6. The predicted octanol–water partition coefficient (Wildman–Crippen LogP) is 3.37. The molecule has 5 atom stereocenters. The van der Waals surface area contributed by atoms with E-state index >= 15 is 0 Å². The number of rotatable bonds is 4. The minimum Gasteiger partial charge on any atom is -0.368 e. The molecule has 0 aromatic heterocycles. The van der Waals surface area contributed by atoms with Gasteiger partial charge in [-0.05, 0) is 76.0 Å². The standard InChI is InChI=1S/C22H35N3O3S/c1-22(13-15-6-8-25(9-7-15)20(26)19-3-2-10-27-19)28-14-23-21(29-22)24-18-12-16-4-5-17(18)11-16/h15-19H,2-14H2,1H3,(H,23,24)/t16-,17+,18+,19?,22?/m1/s1. The van der Waals surface area contributed by atoms with Gasteiger partial charge in [0.25, 0.3) is 5.91 Å². The van der Waals surface area contributed by atoms with Gasteiger partial charge in [-0.15, -0.1) is 0 Å². The van der Waals surface area contributed by atoms with Crippen LogP contribution in [-0.2, 0) is 14.3 Å². The zero-order valence-electron chi connectivity index (χ0n) is 17.6. The third-order valence-corrected chi connectivity index (χ3v) is 8.88. The van der Waals surface area contributed by atoms with Crippen molar-refractivity contribution in [2.75, 3.05) is 26.4 Å². The van der Waals surface area contributed by atoms with Crippen LogP contribution < -0.4 is 5.32 Å². The number of hydrogen-bond donors (Lipinski definition) is 1. The molecule has 3 aliphatic heterocycles. The predicted molar refractivity (Wildman–Crippen MR) is 115 cm³/mol. The molecule has 0 radical (unpaired) electrons. The highest BCUT2D eigenvalue weighted by molar-refractivity contribution is 8.14. The Labute approximate surface area is 178 Å². The number of piperidine rings is 1. The molecule has 2 saturated heterocycles. The summed E-state index contributed by atoms with van der Waals surface area (Å²) in [6, 6.07) is 0.620. The summed E-state index contributed by atoms with van der Waals surface area (Å²) in [6.07, 6.45) is 10.4. The zero-order valence-corrected chi connectivity index (χ0v) is 18.4. The Balaban J connectivity index is 1.10. The molecule has 0 spiro atoms. The van der Waals surface area contributed by atoms with Gasteiger partial charge in [-0.2, -0.15) is 0 Å². The lowest BCUT2D eigenvalue weighted by Gasteiger charge is -2.39. The molecule has 5 aliphatic rings. The first kappa shape index (κ1) is 20.1. The highest BCUT2D eigenvalue weighted by Gasteiger charge is 2.42. The maximum absolute atomic E-state index is 12.6. The van der Waals surface area contributed by atoms with Crippen LogP contribution in [0.25, 0.3) is 0 Å². The number of ether oxygens (including phenoxy) is 2. The van der Waals surface area contributed by atoms with Crippen LogP contribution >= 0.6 is 11.8 Å². The van der Waals surface area contributed by atoms with E-state index in [1.54, 1.807) is 11.8 Å². The van der Waals surface area contributed by atoms with Gasteiger partial charge < -0.3 is 19.7 Å². The van der Waals surface area contributed by atoms with Crippen molar-refractivity contribution in [1.82, 2.24) is 10.2 Å². The normalized spacial score (nSPS) is 40.3. The fourth-order valence-corrected chi connectivity index (χ4v) is 7.27. The second kappa shape index (κ2) is 8.39. The summed E-state index contributed by atoms with van der Waals surface area (Å²) in [4.78, 5) is 19.0. The molecular formula is C22H35N3O3S. The summed E-state index contributed by atoms with van der Waals surface area (Å²) in [5.74, 6) is 2.60. The molecule has 1 N–H and O–H groups in total. The van der Waals surface area contributed by atoms with Gasteiger partial charge in [0.05, 0.1) is 0 Å². The lowest BCUT2D eigenvalue weighted by Crippen LogP contribution is -2.46. The number of amidine groups is 1. The molecule has 2 aliphatic carbocycles. The van der Waals surface area contributed by atoms with Gasteiger partial charge in [0.1, 0.15) is 17.8 Å². The number of aliphatic imine (C=N–C) groups is 1. The number of hydrogen-bond acceptors (Lipinski definition) is 6. The second-order valence-electron chi connectivity index (χ2n) is 9.87. The molecule has 7 heteroatoms. The maximum Gasteiger partial charge on any atom is 0.251 e. The Kier molecular flexibility index (Phi) is 5.82. The van der Waals surface area contributed by atoms with Gasteiger partial charge in [-0.25, -0.2) is 4.99 Å². The smallest absolute Gasteiger partial charge is 0.251 e. The molecule has 5 rings (SSSR count). The molecule has 3 heterocycles. The van der Waals surface area contributed by atoms with E-state index in [0.29, 0.717) is 18.7 Å². The van der Waals surface area contributed by atoms with Crippen molar-refractivity contribution in [2.45, 2.75) is 81.8 Å². The minimum absolute atomic E-state index is 0.183. The highest BCUT2D eigenvalue weighted by Crippen LogP contribution is 2.45. The van der Waals surface area contributed by atoms with E-state index in [4.69, 9.17) is 9.47 Å². The second-order valence-corrected chi connectivity index (χ2v) is 11.3. The SMILES string of the molecule is CC1(CC2CCN(C(=O)C3CCCO3)CC2)OCN=C(N[C@H]2C[C@@H]3CC[C@H]2C3)S1. The number of carbonyl (C=O) groups is 1. The molecule has 6 nitrogen and oxygen atoms in total. The first-order valence-electron chi connectivity index (χ1n) is 11.6. The first-order chi connectivity index (χ1) is 14.1. The number of thioether (sulfide) groups is 1. The lowest BCUT2D eigenvalue weighted by molar-refractivity contribution is -0.142. The lowest BCUT2D eigenvalue weighted by atomic mass is 9.91. The monoisotopic (exact) mass is 421 g/mol. The average molecular weight is 422 g/mol. The van der Waals surface area contributed by atoms with Crippen molar-refractivity contribution in [3.63, 3.8) is 0 Å². The van der Waals surface area contributed by atoms with Crippen LogP contribution in [-0.4, -0.2) is 59.5 Å². The van der Waals surface area contributed by atoms with Crippen molar-refractivity contribution in [3.8, 4) is 0 Å². The molecular weight excluding hydrogens is 386 g/mol. The number of nitrogens with zero attached hydrogens (tertiary/aromatic N) is 2. The van der Waals surface area contributed by atoms with Crippen LogP contribution in [0.1, 0.15) is 64.7 Å². The van der Waals surface area contributed by atoms with E-state index in [9.17, 15) is 4.79 Å². The number of amides is 1. The van der Waals surface area contributed by atoms with Crippen LogP contribution in [0.5, 0.6) is 0 Å². The molecule has 162 valence electrons. The topological polar surface area (TPSA) is 63.2 Å². The summed E-state index contributed by atoms with van der Waals surface area (Å²) in [7, 11) is 0. The summed E-state index contributed by atoms with van der Waals surface area (Å²) in [5.41, 5.74) is 0. The van der Waals surface area contributed by atoms with E-state index in [1.807, 2.05) is 4.90 Å². The van der Waals surface area contributed by atoms with Crippen LogP contribution in [0, 0.1) is 17.8 Å². The van der Waals surface area contributed by atoms with Crippen LogP contribution in [0.3, 0.4) is 0 Å². The summed E-state index contributed by atoms with van der Waals surface area (Å²) >= 11 is 1.79. The molecule has 1 amide bonds. The van der Waals surface area contributed by atoms with Crippen LogP contribution in [0.15, 0.2) is 4.99 Å². The third kappa shape index (κ3) is 4.47. The largest absolute Gasteiger partial charge is 0.368 e. The van der Waals surface area contributed by atoms with Gasteiger partial charge in [-0.3, -0.25) is 4.79 Å². The van der Waals surface area contributed by atoms with Crippen molar-refractivity contribution in [2.24, 2.45) is 22.7 Å². The van der Waals surface area contributed by atoms with Crippen LogP contribution in [0.2, 0.25) is 0 Å². The number of nitrogens with one attached hydrogen (secondary N) is 1. The van der Waals surface area contributed by atoms with E-state index in [1.165, 1.54) is 25.7 Å². The van der Waals surface area contributed by atoms with Gasteiger partial charge in [0.2, 0.25) is 0 Å². The molecule has 4 fully saturated rings. The van der Waals surface area contributed by atoms with Gasteiger partial charge >= 0.3 is 0 Å². The molecule has 0 aromatic carbocycles. The third-order valence-electron chi connectivity index (χ3n) is 7.73. The van der Waals surface area contributed by atoms with Crippen molar-refractivity contribution < 1.29 is 14.3 Å². The van der Waals surface area contributed by atoms with Crippen molar-refractivity contribution in [1.29, 1.82) is 0 Å². The quantitative estimate of drug-likeness (QED) is 0.754. The Morgan fingerprint density at radius 2 is 2.10 bits per heavy atom. The van der Waals surface area contributed by atoms with E-state index < -0.39 is 0 Å². The molecule has 2 bridgehead atoms. The van der Waals surface area contributed by atoms with Gasteiger partial charge in [-0.1, -0.05) is 18.2 Å². The Bertz CT molecular complexity index is 645. The van der Waals surface area contributed by atoms with Crippen molar-refractivity contribution >= 4 is 22.8 Å². The minimum atomic E-state index is -0.215.